The van der Waals surface area contributed by atoms with Crippen LogP contribution in [0.2, 0.25) is 0 Å². The number of aromatic nitrogens is 2. The Morgan fingerprint density at radius 2 is 2.00 bits per heavy atom. The number of ether oxygens (including phenoxy) is 1. The predicted octanol–water partition coefficient (Wildman–Crippen LogP) is 2.42. The number of nitrogens with zero attached hydrogens (tertiary/aromatic N) is 4. The zero-order valence-corrected chi connectivity index (χ0v) is 13.7. The average Bonchev–Trinajstić information content (AvgIpc) is 3.33. The van der Waals surface area contributed by atoms with Crippen LogP contribution in [0.5, 0.6) is 5.75 Å². The second kappa shape index (κ2) is 6.39. The lowest BCUT2D eigenvalue weighted by Crippen LogP contribution is -2.46. The van der Waals surface area contributed by atoms with Crippen LogP contribution in [0.3, 0.4) is 0 Å². The van der Waals surface area contributed by atoms with E-state index in [2.05, 4.69) is 20.0 Å². The van der Waals surface area contributed by atoms with Crippen molar-refractivity contribution in [2.75, 3.05) is 38.2 Å². The van der Waals surface area contributed by atoms with Gasteiger partial charge in [0.05, 0.1) is 7.11 Å². The molecule has 0 spiro atoms. The quantitative estimate of drug-likeness (QED) is 0.838. The van der Waals surface area contributed by atoms with E-state index in [1.165, 1.54) is 7.11 Å². The van der Waals surface area contributed by atoms with Gasteiger partial charge >= 0.3 is 6.01 Å². The third kappa shape index (κ3) is 3.21. The summed E-state index contributed by atoms with van der Waals surface area (Å²) in [7, 11) is 1.48. The van der Waals surface area contributed by atoms with Crippen molar-refractivity contribution in [2.45, 2.75) is 25.3 Å². The lowest BCUT2D eigenvalue weighted by Gasteiger charge is -2.33. The normalized spacial score (nSPS) is 18.8. The molecule has 24 heavy (non-hydrogen) atoms. The van der Waals surface area contributed by atoms with Crippen LogP contribution in [-0.4, -0.2) is 48.4 Å². The molecule has 0 unspecified atom stereocenters. The lowest BCUT2D eigenvalue weighted by molar-refractivity contribution is 0.244. The number of hydrogen-bond donors (Lipinski definition) is 0. The minimum Gasteiger partial charge on any atom is -0.494 e. The molecule has 0 radical (unpaired) electrons. The highest BCUT2D eigenvalue weighted by Gasteiger charge is 2.30. The molecule has 4 rings (SSSR count). The van der Waals surface area contributed by atoms with Crippen molar-refractivity contribution in [3.63, 3.8) is 0 Å². The Morgan fingerprint density at radius 3 is 2.67 bits per heavy atom. The Hall–Kier alpha value is -2.15. The second-order valence-electron chi connectivity index (χ2n) is 6.43. The first kappa shape index (κ1) is 15.4. The minimum absolute atomic E-state index is 0.284. The van der Waals surface area contributed by atoms with Crippen molar-refractivity contribution in [2.24, 2.45) is 0 Å². The Balaban J connectivity index is 1.33. The molecule has 2 aliphatic rings. The fourth-order valence-corrected chi connectivity index (χ4v) is 3.01. The molecule has 0 N–H and O–H groups in total. The van der Waals surface area contributed by atoms with E-state index < -0.39 is 0 Å². The fourth-order valence-electron chi connectivity index (χ4n) is 3.01. The summed E-state index contributed by atoms with van der Waals surface area (Å²) >= 11 is 0. The van der Waals surface area contributed by atoms with Crippen LogP contribution in [-0.2, 0) is 6.54 Å². The molecule has 1 aliphatic carbocycles. The highest BCUT2D eigenvalue weighted by atomic mass is 19.1. The zero-order chi connectivity index (χ0) is 16.5. The molecule has 0 atom stereocenters. The molecule has 0 bridgehead atoms. The summed E-state index contributed by atoms with van der Waals surface area (Å²) in [5, 5.41) is 8.31. The van der Waals surface area contributed by atoms with E-state index in [1.807, 2.05) is 6.07 Å². The first-order chi connectivity index (χ1) is 11.7. The molecular weight excluding hydrogens is 311 g/mol. The van der Waals surface area contributed by atoms with Gasteiger partial charge in [-0.15, -0.1) is 5.10 Å². The summed E-state index contributed by atoms with van der Waals surface area (Å²) < 4.78 is 24.5. The van der Waals surface area contributed by atoms with Gasteiger partial charge in [0.25, 0.3) is 0 Å². The number of rotatable bonds is 5. The van der Waals surface area contributed by atoms with Gasteiger partial charge in [-0.1, -0.05) is 11.2 Å². The van der Waals surface area contributed by atoms with E-state index in [-0.39, 0.29) is 11.6 Å². The van der Waals surface area contributed by atoms with Crippen molar-refractivity contribution >= 4 is 6.01 Å². The molecule has 1 aliphatic heterocycles. The molecule has 1 aromatic carbocycles. The fraction of sp³-hybridized carbons (Fsp3) is 0.529. The Morgan fingerprint density at radius 1 is 1.21 bits per heavy atom. The van der Waals surface area contributed by atoms with Crippen LogP contribution in [0.4, 0.5) is 10.4 Å². The maximum atomic E-state index is 13.8. The second-order valence-corrected chi connectivity index (χ2v) is 6.43. The van der Waals surface area contributed by atoms with E-state index in [4.69, 9.17) is 9.15 Å². The number of hydrogen-bond acceptors (Lipinski definition) is 6. The maximum absolute atomic E-state index is 13.8. The van der Waals surface area contributed by atoms with Gasteiger partial charge in [0, 0.05) is 38.6 Å². The largest absolute Gasteiger partial charge is 0.494 e. The van der Waals surface area contributed by atoms with Crippen molar-refractivity contribution in [1.29, 1.82) is 0 Å². The van der Waals surface area contributed by atoms with Crippen molar-refractivity contribution < 1.29 is 13.5 Å². The Bertz CT molecular complexity index is 708. The maximum Gasteiger partial charge on any atom is 0.318 e. The first-order valence-corrected chi connectivity index (χ1v) is 8.36. The van der Waals surface area contributed by atoms with E-state index in [1.54, 1.807) is 12.1 Å². The zero-order valence-electron chi connectivity index (χ0n) is 13.7. The third-order valence-electron chi connectivity index (χ3n) is 4.62. The molecular formula is C17H21FN4O2. The summed E-state index contributed by atoms with van der Waals surface area (Å²) in [5.74, 6) is 1.23. The minimum atomic E-state index is -0.313. The molecule has 0 amide bonds. The average molecular weight is 332 g/mol. The predicted molar refractivity (Wildman–Crippen MR) is 86.7 cm³/mol. The van der Waals surface area contributed by atoms with Gasteiger partial charge in [0.1, 0.15) is 0 Å². The summed E-state index contributed by atoms with van der Waals surface area (Å²) in [6.07, 6.45) is 2.32. The molecule has 128 valence electrons. The van der Waals surface area contributed by atoms with Crippen molar-refractivity contribution in [3.05, 3.63) is 35.5 Å². The van der Waals surface area contributed by atoms with Crippen LogP contribution in [0.15, 0.2) is 22.6 Å². The van der Waals surface area contributed by atoms with Gasteiger partial charge < -0.3 is 14.1 Å². The van der Waals surface area contributed by atoms with Gasteiger partial charge in [-0.05, 0) is 30.5 Å². The van der Waals surface area contributed by atoms with Crippen LogP contribution < -0.4 is 9.64 Å². The lowest BCUT2D eigenvalue weighted by atomic mass is 10.2. The monoisotopic (exact) mass is 332 g/mol. The Kier molecular flexibility index (Phi) is 4.10. The molecule has 2 fully saturated rings. The van der Waals surface area contributed by atoms with Crippen molar-refractivity contribution in [1.82, 2.24) is 15.1 Å². The third-order valence-corrected chi connectivity index (χ3v) is 4.62. The number of benzene rings is 1. The topological polar surface area (TPSA) is 54.6 Å². The van der Waals surface area contributed by atoms with E-state index >= 15 is 0 Å². The summed E-state index contributed by atoms with van der Waals surface area (Å²) in [6, 6.07) is 5.77. The molecule has 1 saturated heterocycles. The van der Waals surface area contributed by atoms with Gasteiger partial charge in [0.15, 0.2) is 11.6 Å². The molecule has 2 aromatic rings. The van der Waals surface area contributed by atoms with Gasteiger partial charge in [-0.3, -0.25) is 4.90 Å². The van der Waals surface area contributed by atoms with Gasteiger partial charge in [0.2, 0.25) is 5.89 Å². The smallest absolute Gasteiger partial charge is 0.318 e. The number of anilines is 1. The number of methoxy groups -OCH3 is 1. The summed E-state index contributed by atoms with van der Waals surface area (Å²) in [4.78, 5) is 4.43. The van der Waals surface area contributed by atoms with Crippen LogP contribution >= 0.6 is 0 Å². The summed E-state index contributed by atoms with van der Waals surface area (Å²) in [6.45, 7) is 4.17. The van der Waals surface area contributed by atoms with E-state index in [9.17, 15) is 4.39 Å². The highest BCUT2D eigenvalue weighted by molar-refractivity contribution is 5.30. The highest BCUT2D eigenvalue weighted by Crippen LogP contribution is 2.39. The van der Waals surface area contributed by atoms with Crippen LogP contribution in [0, 0.1) is 5.82 Å². The van der Waals surface area contributed by atoms with Gasteiger partial charge in [-0.2, -0.15) is 0 Å². The standard InChI is InChI=1S/C17H21FN4O2/c1-23-15-5-2-12(10-14(15)18)11-21-6-8-22(9-7-21)17-20-19-16(24-17)13-3-4-13/h2,5,10,13H,3-4,6-9,11H2,1H3. The molecule has 1 saturated carbocycles. The van der Waals surface area contributed by atoms with Crippen LogP contribution in [0.25, 0.3) is 0 Å². The molecule has 1 aromatic heterocycles. The summed E-state index contributed by atoms with van der Waals surface area (Å²) in [5.41, 5.74) is 0.954. The molecule has 2 heterocycles. The molecule has 7 heteroatoms. The van der Waals surface area contributed by atoms with Gasteiger partial charge in [-0.25, -0.2) is 4.39 Å². The van der Waals surface area contributed by atoms with E-state index in [0.29, 0.717) is 11.9 Å². The number of halogens is 1. The molecule has 6 nitrogen and oxygen atoms in total. The SMILES string of the molecule is COc1ccc(CN2CCN(c3nnc(C4CC4)o3)CC2)cc1F. The van der Waals surface area contributed by atoms with Crippen molar-refractivity contribution in [3.8, 4) is 5.75 Å². The number of piperazine rings is 1. The van der Waals surface area contributed by atoms with Crippen LogP contribution in [0.1, 0.15) is 30.2 Å². The first-order valence-electron chi connectivity index (χ1n) is 8.36. The Labute approximate surface area is 140 Å². The van der Waals surface area contributed by atoms with E-state index in [0.717, 1.165) is 57.0 Å².